The number of hydrogen-bond donors (Lipinski definition) is 2. The van der Waals surface area contributed by atoms with Crippen molar-refractivity contribution in [3.8, 4) is 0 Å². The van der Waals surface area contributed by atoms with Crippen LogP contribution in [0, 0.1) is 0 Å². The number of rotatable bonds is 2. The van der Waals surface area contributed by atoms with Crippen LogP contribution in [-0.2, 0) is 4.74 Å². The largest absolute Gasteiger partial charge is 0.478 e. The highest BCUT2D eigenvalue weighted by molar-refractivity contribution is 6.11. The van der Waals surface area contributed by atoms with Crippen LogP contribution in [0.4, 0.5) is 0 Å². The van der Waals surface area contributed by atoms with Gasteiger partial charge in [0.2, 0.25) is 0 Å². The van der Waals surface area contributed by atoms with E-state index in [1.165, 1.54) is 13.3 Å². The van der Waals surface area contributed by atoms with Gasteiger partial charge in [0, 0.05) is 11.6 Å². The van der Waals surface area contributed by atoms with E-state index in [-0.39, 0.29) is 11.3 Å². The molecule has 2 aromatic rings. The van der Waals surface area contributed by atoms with Crippen LogP contribution >= 0.6 is 0 Å². The first-order valence-electron chi connectivity index (χ1n) is 4.43. The zero-order chi connectivity index (χ0) is 11.7. The summed E-state index contributed by atoms with van der Waals surface area (Å²) in [6.45, 7) is 0. The molecule has 0 bridgehead atoms. The molecule has 2 N–H and O–H groups in total. The maximum absolute atomic E-state index is 11.4. The molecule has 0 saturated carbocycles. The Labute approximate surface area is 89.9 Å². The number of aromatic nitrogens is 2. The summed E-state index contributed by atoms with van der Waals surface area (Å²) in [4.78, 5) is 29.0. The number of pyridine rings is 1. The van der Waals surface area contributed by atoms with Crippen LogP contribution in [0.2, 0.25) is 0 Å². The smallest absolute Gasteiger partial charge is 0.355 e. The summed E-state index contributed by atoms with van der Waals surface area (Å²) in [6.07, 6.45) is 1.51. The molecule has 0 aliphatic carbocycles. The minimum Gasteiger partial charge on any atom is -0.478 e. The summed E-state index contributed by atoms with van der Waals surface area (Å²) in [5.74, 6) is -1.92. The molecule has 0 fully saturated rings. The SMILES string of the molecule is COC(=O)c1[nH]c2ncccc2c1C(=O)O. The molecule has 0 aliphatic heterocycles. The van der Waals surface area contributed by atoms with E-state index in [1.807, 2.05) is 0 Å². The van der Waals surface area contributed by atoms with Crippen molar-refractivity contribution in [3.05, 3.63) is 29.6 Å². The molecule has 0 saturated heterocycles. The van der Waals surface area contributed by atoms with Crippen LogP contribution in [0.15, 0.2) is 18.3 Å². The van der Waals surface area contributed by atoms with E-state index in [0.29, 0.717) is 11.0 Å². The summed E-state index contributed by atoms with van der Waals surface area (Å²) in [7, 11) is 1.19. The van der Waals surface area contributed by atoms with Gasteiger partial charge in [-0.15, -0.1) is 0 Å². The Balaban J connectivity index is 2.78. The quantitative estimate of drug-likeness (QED) is 0.738. The topological polar surface area (TPSA) is 92.3 Å². The lowest BCUT2D eigenvalue weighted by atomic mass is 10.1. The molecule has 2 rings (SSSR count). The van der Waals surface area contributed by atoms with E-state index < -0.39 is 11.9 Å². The minimum absolute atomic E-state index is 0.0938. The van der Waals surface area contributed by atoms with Gasteiger partial charge in [-0.05, 0) is 12.1 Å². The molecule has 0 aromatic carbocycles. The van der Waals surface area contributed by atoms with Crippen molar-refractivity contribution in [2.24, 2.45) is 0 Å². The maximum Gasteiger partial charge on any atom is 0.355 e. The number of nitrogens with zero attached hydrogens (tertiary/aromatic N) is 1. The van der Waals surface area contributed by atoms with Crippen molar-refractivity contribution in [2.75, 3.05) is 7.11 Å². The normalized spacial score (nSPS) is 10.3. The molecule has 0 amide bonds. The minimum atomic E-state index is -1.19. The van der Waals surface area contributed by atoms with Gasteiger partial charge in [-0.1, -0.05) is 0 Å². The van der Waals surface area contributed by atoms with Crippen molar-refractivity contribution in [3.63, 3.8) is 0 Å². The molecule has 82 valence electrons. The molecule has 0 atom stereocenters. The van der Waals surface area contributed by atoms with Gasteiger partial charge in [-0.25, -0.2) is 14.6 Å². The van der Waals surface area contributed by atoms with Gasteiger partial charge in [0.05, 0.1) is 7.11 Å². The third kappa shape index (κ3) is 1.40. The van der Waals surface area contributed by atoms with Crippen LogP contribution in [-0.4, -0.2) is 34.1 Å². The van der Waals surface area contributed by atoms with E-state index >= 15 is 0 Å². The molecule has 6 nitrogen and oxygen atoms in total. The first-order valence-corrected chi connectivity index (χ1v) is 4.43. The third-order valence-corrected chi connectivity index (χ3v) is 2.17. The number of H-pyrrole nitrogens is 1. The Morgan fingerprint density at radius 2 is 2.25 bits per heavy atom. The van der Waals surface area contributed by atoms with Crippen LogP contribution in [0.5, 0.6) is 0 Å². The number of carboxylic acid groups (broad SMARTS) is 1. The molecule has 0 aliphatic rings. The zero-order valence-corrected chi connectivity index (χ0v) is 8.35. The Morgan fingerprint density at radius 3 is 2.88 bits per heavy atom. The Morgan fingerprint density at radius 1 is 1.50 bits per heavy atom. The van der Waals surface area contributed by atoms with Crippen LogP contribution in [0.3, 0.4) is 0 Å². The maximum atomic E-state index is 11.4. The van der Waals surface area contributed by atoms with Crippen molar-refractivity contribution >= 4 is 23.0 Å². The average molecular weight is 220 g/mol. The van der Waals surface area contributed by atoms with Crippen molar-refractivity contribution in [1.29, 1.82) is 0 Å². The summed E-state index contributed by atoms with van der Waals surface area (Å²) >= 11 is 0. The second kappa shape index (κ2) is 3.65. The predicted molar refractivity (Wildman–Crippen MR) is 54.4 cm³/mol. The molecule has 0 unspecified atom stereocenters. The Kier molecular flexibility index (Phi) is 2.32. The highest BCUT2D eigenvalue weighted by Crippen LogP contribution is 2.21. The lowest BCUT2D eigenvalue weighted by molar-refractivity contribution is 0.0578. The van der Waals surface area contributed by atoms with E-state index in [4.69, 9.17) is 5.11 Å². The van der Waals surface area contributed by atoms with Gasteiger partial charge in [0.25, 0.3) is 0 Å². The van der Waals surface area contributed by atoms with Crippen LogP contribution < -0.4 is 0 Å². The number of hydrogen-bond acceptors (Lipinski definition) is 4. The van der Waals surface area contributed by atoms with Crippen molar-refractivity contribution in [2.45, 2.75) is 0 Å². The molecular formula is C10H8N2O4. The van der Waals surface area contributed by atoms with Gasteiger partial charge < -0.3 is 14.8 Å². The lowest BCUT2D eigenvalue weighted by Gasteiger charge is -1.97. The zero-order valence-electron chi connectivity index (χ0n) is 8.35. The van der Waals surface area contributed by atoms with Gasteiger partial charge in [-0.2, -0.15) is 0 Å². The molecule has 0 spiro atoms. The standard InChI is InChI=1S/C10H8N2O4/c1-16-10(15)7-6(9(13)14)5-3-2-4-11-8(5)12-7/h2-4H,1H3,(H,11,12)(H,13,14). The number of nitrogens with one attached hydrogen (secondary N) is 1. The van der Waals surface area contributed by atoms with Gasteiger partial charge in [0.1, 0.15) is 16.9 Å². The fraction of sp³-hybridized carbons (Fsp3) is 0.100. The number of esters is 1. The van der Waals surface area contributed by atoms with E-state index in [1.54, 1.807) is 12.1 Å². The lowest BCUT2D eigenvalue weighted by Crippen LogP contribution is -2.08. The van der Waals surface area contributed by atoms with E-state index in [2.05, 4.69) is 14.7 Å². The van der Waals surface area contributed by atoms with Crippen LogP contribution in [0.1, 0.15) is 20.8 Å². The van der Waals surface area contributed by atoms with E-state index in [0.717, 1.165) is 0 Å². The monoisotopic (exact) mass is 220 g/mol. The first-order chi connectivity index (χ1) is 7.65. The van der Waals surface area contributed by atoms with Gasteiger partial charge in [0.15, 0.2) is 0 Å². The number of carboxylic acids is 1. The summed E-state index contributed by atoms with van der Waals surface area (Å²) in [6, 6.07) is 3.18. The summed E-state index contributed by atoms with van der Waals surface area (Å²) < 4.78 is 4.50. The number of aromatic carboxylic acids is 1. The number of fused-ring (bicyclic) bond motifs is 1. The highest BCUT2D eigenvalue weighted by Gasteiger charge is 2.23. The first kappa shape index (κ1) is 10.2. The number of methoxy groups -OCH3 is 1. The van der Waals surface area contributed by atoms with Crippen LogP contribution in [0.25, 0.3) is 11.0 Å². The molecule has 0 radical (unpaired) electrons. The van der Waals surface area contributed by atoms with Gasteiger partial charge in [-0.3, -0.25) is 0 Å². The fourth-order valence-electron chi connectivity index (χ4n) is 1.50. The van der Waals surface area contributed by atoms with Crippen molar-refractivity contribution in [1.82, 2.24) is 9.97 Å². The number of aromatic amines is 1. The second-order valence-electron chi connectivity index (χ2n) is 3.07. The molecular weight excluding hydrogens is 212 g/mol. The Hall–Kier alpha value is -2.37. The molecule has 6 heteroatoms. The number of carbonyl (C=O) groups is 2. The third-order valence-electron chi connectivity index (χ3n) is 2.17. The van der Waals surface area contributed by atoms with E-state index in [9.17, 15) is 9.59 Å². The predicted octanol–water partition coefficient (Wildman–Crippen LogP) is 1.05. The van der Waals surface area contributed by atoms with Crippen molar-refractivity contribution < 1.29 is 19.4 Å². The average Bonchev–Trinajstić information content (AvgIpc) is 2.67. The molecule has 16 heavy (non-hydrogen) atoms. The number of ether oxygens (including phenoxy) is 1. The Bertz CT molecular complexity index is 573. The highest BCUT2D eigenvalue weighted by atomic mass is 16.5. The summed E-state index contributed by atoms with van der Waals surface area (Å²) in [5, 5.41) is 9.43. The molecule has 2 aromatic heterocycles. The molecule has 2 heterocycles. The van der Waals surface area contributed by atoms with Gasteiger partial charge >= 0.3 is 11.9 Å². The fourth-order valence-corrected chi connectivity index (χ4v) is 1.50. The second-order valence-corrected chi connectivity index (χ2v) is 3.07. The summed E-state index contributed by atoms with van der Waals surface area (Å²) in [5.41, 5.74) is 0.138. The number of carbonyl (C=O) groups excluding carboxylic acids is 1.